The van der Waals surface area contributed by atoms with Crippen LogP contribution >= 0.6 is 11.6 Å². The van der Waals surface area contributed by atoms with Crippen LogP contribution in [0.15, 0.2) is 47.6 Å². The number of aromatic hydroxyl groups is 1. The van der Waals surface area contributed by atoms with Gasteiger partial charge in [0.1, 0.15) is 0 Å². The number of hydrogen-bond donors (Lipinski definition) is 3. The van der Waals surface area contributed by atoms with Crippen molar-refractivity contribution in [3.05, 3.63) is 58.6 Å². The molecule has 0 aliphatic rings. The van der Waals surface area contributed by atoms with Gasteiger partial charge >= 0.3 is 11.8 Å². The highest BCUT2D eigenvalue weighted by molar-refractivity contribution is 6.35. The number of amides is 2. The maximum Gasteiger partial charge on any atom is 0.329 e. The molecule has 0 saturated heterocycles. The van der Waals surface area contributed by atoms with E-state index in [2.05, 4.69) is 15.8 Å². The van der Waals surface area contributed by atoms with Crippen LogP contribution in [-0.2, 0) is 16.1 Å². The van der Waals surface area contributed by atoms with Gasteiger partial charge in [0.15, 0.2) is 11.5 Å². The fraction of sp³-hybridized carbons (Fsp3) is 0.167. The Morgan fingerprint density at radius 1 is 1.19 bits per heavy atom. The number of phenolic OH excluding ortho intramolecular Hbond substituents is 1. The van der Waals surface area contributed by atoms with E-state index in [0.29, 0.717) is 22.9 Å². The molecule has 0 bridgehead atoms. The summed E-state index contributed by atoms with van der Waals surface area (Å²) in [5.74, 6) is -1.38. The molecule has 0 unspecified atom stereocenters. The number of carbonyl (C=O) groups excluding carboxylic acids is 2. The average Bonchev–Trinajstić information content (AvgIpc) is 2.63. The van der Waals surface area contributed by atoms with Crippen LogP contribution < -0.4 is 15.5 Å². The Hall–Kier alpha value is -3.06. The average molecular weight is 376 g/mol. The second kappa shape index (κ2) is 9.43. The fourth-order valence-electron chi connectivity index (χ4n) is 1.96. The molecule has 2 rings (SSSR count). The monoisotopic (exact) mass is 375 g/mol. The van der Waals surface area contributed by atoms with Crippen molar-refractivity contribution in [1.29, 1.82) is 0 Å². The Morgan fingerprint density at radius 3 is 2.62 bits per heavy atom. The maximum absolute atomic E-state index is 11.7. The number of benzene rings is 2. The van der Waals surface area contributed by atoms with Crippen LogP contribution in [-0.4, -0.2) is 29.7 Å². The lowest BCUT2D eigenvalue weighted by Gasteiger charge is -2.06. The van der Waals surface area contributed by atoms with Gasteiger partial charge < -0.3 is 15.2 Å². The van der Waals surface area contributed by atoms with Gasteiger partial charge in [-0.25, -0.2) is 5.43 Å². The summed E-state index contributed by atoms with van der Waals surface area (Å²) in [6, 6.07) is 11.5. The molecule has 0 atom stereocenters. The summed E-state index contributed by atoms with van der Waals surface area (Å²) in [5, 5.41) is 16.4. The molecule has 0 radical (unpaired) electrons. The first-order chi connectivity index (χ1) is 12.5. The minimum absolute atomic E-state index is 0.00890. The smallest absolute Gasteiger partial charge is 0.329 e. The summed E-state index contributed by atoms with van der Waals surface area (Å²) < 4.78 is 5.25. The number of hydrazone groups is 1. The molecule has 0 aliphatic carbocycles. The SMILES string of the molecule is CCOc1cc(/C=N/NC(=O)C(=O)NCc2ccc(Cl)cc2)ccc1O. The Kier molecular flexibility index (Phi) is 6.99. The van der Waals surface area contributed by atoms with E-state index in [9.17, 15) is 14.7 Å². The van der Waals surface area contributed by atoms with E-state index in [-0.39, 0.29) is 12.3 Å². The van der Waals surface area contributed by atoms with Crippen LogP contribution in [0.4, 0.5) is 0 Å². The van der Waals surface area contributed by atoms with Crippen LogP contribution in [0.1, 0.15) is 18.1 Å². The Labute approximate surface area is 155 Å². The first kappa shape index (κ1) is 19.3. The van der Waals surface area contributed by atoms with E-state index in [1.807, 2.05) is 0 Å². The van der Waals surface area contributed by atoms with Crippen LogP contribution in [0, 0.1) is 0 Å². The first-order valence-electron chi connectivity index (χ1n) is 7.81. The summed E-state index contributed by atoms with van der Waals surface area (Å²) in [6.07, 6.45) is 1.34. The number of halogens is 1. The van der Waals surface area contributed by atoms with E-state index in [0.717, 1.165) is 5.56 Å². The van der Waals surface area contributed by atoms with Gasteiger partial charge in [-0.2, -0.15) is 5.10 Å². The maximum atomic E-state index is 11.7. The first-order valence-corrected chi connectivity index (χ1v) is 8.19. The van der Waals surface area contributed by atoms with Crippen molar-refractivity contribution in [1.82, 2.24) is 10.7 Å². The van der Waals surface area contributed by atoms with Crippen LogP contribution in [0.25, 0.3) is 0 Å². The van der Waals surface area contributed by atoms with E-state index in [1.165, 1.54) is 12.3 Å². The van der Waals surface area contributed by atoms with Crippen molar-refractivity contribution >= 4 is 29.6 Å². The predicted octanol–water partition coefficient (Wildman–Crippen LogP) is 2.21. The van der Waals surface area contributed by atoms with Gasteiger partial charge in [0, 0.05) is 11.6 Å². The Bertz CT molecular complexity index is 807. The zero-order valence-electron chi connectivity index (χ0n) is 14.0. The summed E-state index contributed by atoms with van der Waals surface area (Å²) in [4.78, 5) is 23.4. The third kappa shape index (κ3) is 5.78. The molecule has 0 fully saturated rings. The minimum atomic E-state index is -0.890. The molecule has 0 aromatic heterocycles. The van der Waals surface area contributed by atoms with Crippen LogP contribution in [0.5, 0.6) is 11.5 Å². The van der Waals surface area contributed by atoms with Crippen molar-refractivity contribution in [3.8, 4) is 11.5 Å². The molecule has 7 nitrogen and oxygen atoms in total. The zero-order valence-corrected chi connectivity index (χ0v) is 14.8. The lowest BCUT2D eigenvalue weighted by molar-refractivity contribution is -0.139. The van der Waals surface area contributed by atoms with E-state index in [4.69, 9.17) is 16.3 Å². The van der Waals surface area contributed by atoms with Crippen molar-refractivity contribution in [3.63, 3.8) is 0 Å². The van der Waals surface area contributed by atoms with Crippen LogP contribution in [0.3, 0.4) is 0 Å². The second-order valence-corrected chi connectivity index (χ2v) is 5.60. The number of nitrogens with one attached hydrogen (secondary N) is 2. The molecule has 2 aromatic carbocycles. The molecule has 2 amide bonds. The molecule has 0 heterocycles. The van der Waals surface area contributed by atoms with Crippen molar-refractivity contribution in [2.45, 2.75) is 13.5 Å². The van der Waals surface area contributed by atoms with Crippen LogP contribution in [0.2, 0.25) is 5.02 Å². The number of hydrogen-bond acceptors (Lipinski definition) is 5. The van der Waals surface area contributed by atoms with E-state index in [1.54, 1.807) is 43.3 Å². The highest BCUT2D eigenvalue weighted by Crippen LogP contribution is 2.26. The standard InChI is InChI=1S/C18H18ClN3O4/c1-2-26-16-9-13(5-8-15(16)23)11-21-22-18(25)17(24)20-10-12-3-6-14(19)7-4-12/h3-9,11,23H,2,10H2,1H3,(H,20,24)(H,22,25)/b21-11+. The summed E-state index contributed by atoms with van der Waals surface area (Å²) in [7, 11) is 0. The van der Waals surface area contributed by atoms with Crippen molar-refractivity contribution < 1.29 is 19.4 Å². The van der Waals surface area contributed by atoms with E-state index >= 15 is 0 Å². The lowest BCUT2D eigenvalue weighted by Crippen LogP contribution is -2.37. The molecular weight excluding hydrogens is 358 g/mol. The van der Waals surface area contributed by atoms with Gasteiger partial charge in [-0.3, -0.25) is 9.59 Å². The van der Waals surface area contributed by atoms with Crippen molar-refractivity contribution in [2.24, 2.45) is 5.10 Å². The number of carbonyl (C=O) groups is 2. The highest BCUT2D eigenvalue weighted by atomic mass is 35.5. The van der Waals surface area contributed by atoms with E-state index < -0.39 is 11.8 Å². The summed E-state index contributed by atoms with van der Waals surface area (Å²) in [6.45, 7) is 2.39. The Balaban J connectivity index is 1.85. The molecule has 3 N–H and O–H groups in total. The van der Waals surface area contributed by atoms with Crippen molar-refractivity contribution in [2.75, 3.05) is 6.61 Å². The highest BCUT2D eigenvalue weighted by Gasteiger charge is 2.12. The lowest BCUT2D eigenvalue weighted by atomic mass is 10.2. The molecule has 0 aliphatic heterocycles. The third-order valence-corrected chi connectivity index (χ3v) is 3.49. The number of phenols is 1. The zero-order chi connectivity index (χ0) is 18.9. The molecule has 26 heavy (non-hydrogen) atoms. The van der Waals surface area contributed by atoms with Gasteiger partial charge in [-0.05, 0) is 48.4 Å². The third-order valence-electron chi connectivity index (χ3n) is 3.24. The molecule has 2 aromatic rings. The minimum Gasteiger partial charge on any atom is -0.504 e. The number of nitrogens with zero attached hydrogens (tertiary/aromatic N) is 1. The fourth-order valence-corrected chi connectivity index (χ4v) is 2.09. The second-order valence-electron chi connectivity index (χ2n) is 5.17. The largest absolute Gasteiger partial charge is 0.504 e. The number of rotatable bonds is 6. The molecule has 8 heteroatoms. The number of ether oxygens (including phenoxy) is 1. The molecule has 136 valence electrons. The molecule has 0 saturated carbocycles. The summed E-state index contributed by atoms with van der Waals surface area (Å²) >= 11 is 5.78. The van der Waals surface area contributed by atoms with Gasteiger partial charge in [-0.15, -0.1) is 0 Å². The molecule has 0 spiro atoms. The quantitative estimate of drug-likeness (QED) is 0.409. The van der Waals surface area contributed by atoms with Gasteiger partial charge in [0.25, 0.3) is 0 Å². The Morgan fingerprint density at radius 2 is 1.92 bits per heavy atom. The molecular formula is C18H18ClN3O4. The van der Waals surface area contributed by atoms with Gasteiger partial charge in [-0.1, -0.05) is 23.7 Å². The predicted molar refractivity (Wildman–Crippen MR) is 98.3 cm³/mol. The van der Waals surface area contributed by atoms with Gasteiger partial charge in [0.2, 0.25) is 0 Å². The van der Waals surface area contributed by atoms with Gasteiger partial charge in [0.05, 0.1) is 12.8 Å². The summed E-state index contributed by atoms with van der Waals surface area (Å²) in [5.41, 5.74) is 3.54. The normalized spacial score (nSPS) is 10.5. The topological polar surface area (TPSA) is 100 Å².